The molecule has 0 bridgehead atoms. The molecule has 2 rings (SSSR count). The monoisotopic (exact) mass is 344 g/mol. The van der Waals surface area contributed by atoms with E-state index in [0.717, 1.165) is 11.4 Å². The van der Waals surface area contributed by atoms with Crippen LogP contribution < -0.4 is 20.1 Å². The molecule has 0 aliphatic carbocycles. The van der Waals surface area contributed by atoms with E-state index in [0.29, 0.717) is 31.3 Å². The Morgan fingerprint density at radius 3 is 2.52 bits per heavy atom. The fourth-order valence-corrected chi connectivity index (χ4v) is 2.12. The fraction of sp³-hybridized carbons (Fsp3) is 0.316. The van der Waals surface area contributed by atoms with Gasteiger partial charge >= 0.3 is 0 Å². The van der Waals surface area contributed by atoms with E-state index < -0.39 is 0 Å². The summed E-state index contributed by atoms with van der Waals surface area (Å²) in [6.45, 7) is 3.89. The Labute approximate surface area is 148 Å². The number of methoxy groups -OCH3 is 1. The maximum atomic E-state index is 12.0. The molecule has 1 amide bonds. The Balaban J connectivity index is 1.75. The SMILES string of the molecule is CCOCCOc1ccc(NCC(=O)Nc2cccc(OC)c2)cc1. The summed E-state index contributed by atoms with van der Waals surface area (Å²) >= 11 is 0. The molecule has 0 saturated carbocycles. The lowest BCUT2D eigenvalue weighted by Crippen LogP contribution is -2.21. The normalized spacial score (nSPS) is 10.2. The zero-order valence-electron chi connectivity index (χ0n) is 14.6. The van der Waals surface area contributed by atoms with Crippen molar-refractivity contribution in [1.29, 1.82) is 0 Å². The lowest BCUT2D eigenvalue weighted by Gasteiger charge is -2.10. The molecule has 0 spiro atoms. The van der Waals surface area contributed by atoms with Crippen LogP contribution in [-0.4, -0.2) is 39.4 Å². The van der Waals surface area contributed by atoms with E-state index in [-0.39, 0.29) is 12.5 Å². The van der Waals surface area contributed by atoms with Gasteiger partial charge < -0.3 is 24.8 Å². The molecule has 0 aromatic heterocycles. The highest BCUT2D eigenvalue weighted by molar-refractivity contribution is 5.93. The van der Waals surface area contributed by atoms with Gasteiger partial charge in [0.1, 0.15) is 18.1 Å². The highest BCUT2D eigenvalue weighted by Gasteiger charge is 2.03. The van der Waals surface area contributed by atoms with Gasteiger partial charge in [-0.1, -0.05) is 6.07 Å². The molecule has 6 heteroatoms. The molecular weight excluding hydrogens is 320 g/mol. The third-order valence-electron chi connectivity index (χ3n) is 3.36. The third kappa shape index (κ3) is 6.73. The number of carbonyl (C=O) groups is 1. The van der Waals surface area contributed by atoms with E-state index in [1.165, 1.54) is 0 Å². The van der Waals surface area contributed by atoms with Crippen LogP contribution in [0.3, 0.4) is 0 Å². The first kappa shape index (κ1) is 18.6. The molecule has 6 nitrogen and oxygen atoms in total. The van der Waals surface area contributed by atoms with Crippen LogP contribution in [0.2, 0.25) is 0 Å². The summed E-state index contributed by atoms with van der Waals surface area (Å²) in [5.41, 5.74) is 1.54. The van der Waals surface area contributed by atoms with Gasteiger partial charge in [0.25, 0.3) is 0 Å². The van der Waals surface area contributed by atoms with Crippen molar-refractivity contribution in [3.05, 3.63) is 48.5 Å². The van der Waals surface area contributed by atoms with Gasteiger partial charge in [-0.25, -0.2) is 0 Å². The van der Waals surface area contributed by atoms with Crippen LogP contribution in [0.25, 0.3) is 0 Å². The van der Waals surface area contributed by atoms with Gasteiger partial charge in [0.2, 0.25) is 5.91 Å². The summed E-state index contributed by atoms with van der Waals surface area (Å²) in [5, 5.41) is 5.89. The van der Waals surface area contributed by atoms with E-state index >= 15 is 0 Å². The maximum absolute atomic E-state index is 12.0. The molecular formula is C19H24N2O4. The number of hydrogen-bond donors (Lipinski definition) is 2. The quantitative estimate of drug-likeness (QED) is 0.648. The predicted octanol–water partition coefficient (Wildman–Crippen LogP) is 3.16. The van der Waals surface area contributed by atoms with Gasteiger partial charge in [-0.05, 0) is 43.3 Å². The minimum Gasteiger partial charge on any atom is -0.497 e. The summed E-state index contributed by atoms with van der Waals surface area (Å²) in [5.74, 6) is 1.34. The molecule has 0 saturated heterocycles. The highest BCUT2D eigenvalue weighted by atomic mass is 16.5. The first-order valence-electron chi connectivity index (χ1n) is 8.19. The summed E-state index contributed by atoms with van der Waals surface area (Å²) in [6, 6.07) is 14.7. The predicted molar refractivity (Wildman–Crippen MR) is 98.5 cm³/mol. The maximum Gasteiger partial charge on any atom is 0.243 e. The van der Waals surface area contributed by atoms with Gasteiger partial charge in [-0.2, -0.15) is 0 Å². The minimum atomic E-state index is -0.134. The van der Waals surface area contributed by atoms with Gasteiger partial charge in [-0.3, -0.25) is 4.79 Å². The van der Waals surface area contributed by atoms with Crippen LogP contribution in [0.4, 0.5) is 11.4 Å². The molecule has 0 heterocycles. The van der Waals surface area contributed by atoms with Gasteiger partial charge in [0, 0.05) is 24.0 Å². The Kier molecular flexibility index (Phi) is 7.59. The second kappa shape index (κ2) is 10.2. The fourth-order valence-electron chi connectivity index (χ4n) is 2.12. The standard InChI is InChI=1S/C19H24N2O4/c1-3-24-11-12-25-17-9-7-15(8-10-17)20-14-19(22)21-16-5-4-6-18(13-16)23-2/h4-10,13,20H,3,11-12,14H2,1-2H3,(H,21,22). The molecule has 2 N–H and O–H groups in total. The molecule has 0 radical (unpaired) electrons. The van der Waals surface area contributed by atoms with Crippen molar-refractivity contribution >= 4 is 17.3 Å². The topological polar surface area (TPSA) is 68.8 Å². The second-order valence-corrected chi connectivity index (χ2v) is 5.20. The van der Waals surface area contributed by atoms with Crippen molar-refractivity contribution in [2.45, 2.75) is 6.92 Å². The number of ether oxygens (including phenoxy) is 3. The molecule has 2 aromatic rings. The van der Waals surface area contributed by atoms with Crippen LogP contribution in [0, 0.1) is 0 Å². The van der Waals surface area contributed by atoms with Gasteiger partial charge in [-0.15, -0.1) is 0 Å². The molecule has 134 valence electrons. The zero-order valence-corrected chi connectivity index (χ0v) is 14.6. The number of rotatable bonds is 10. The summed E-state index contributed by atoms with van der Waals surface area (Å²) in [6.07, 6.45) is 0. The van der Waals surface area contributed by atoms with Crippen molar-refractivity contribution in [3.63, 3.8) is 0 Å². The van der Waals surface area contributed by atoms with Crippen LogP contribution in [0.1, 0.15) is 6.92 Å². The van der Waals surface area contributed by atoms with E-state index in [2.05, 4.69) is 10.6 Å². The van der Waals surface area contributed by atoms with E-state index in [1.807, 2.05) is 49.4 Å². The van der Waals surface area contributed by atoms with Crippen LogP contribution >= 0.6 is 0 Å². The molecule has 25 heavy (non-hydrogen) atoms. The van der Waals surface area contributed by atoms with Crippen molar-refractivity contribution in [1.82, 2.24) is 0 Å². The molecule has 0 unspecified atom stereocenters. The third-order valence-corrected chi connectivity index (χ3v) is 3.36. The Morgan fingerprint density at radius 1 is 1.00 bits per heavy atom. The van der Waals surface area contributed by atoms with E-state index in [9.17, 15) is 4.79 Å². The Bertz CT molecular complexity index is 659. The summed E-state index contributed by atoms with van der Waals surface area (Å²) in [7, 11) is 1.59. The zero-order chi connectivity index (χ0) is 17.9. The highest BCUT2D eigenvalue weighted by Crippen LogP contribution is 2.17. The van der Waals surface area contributed by atoms with E-state index in [4.69, 9.17) is 14.2 Å². The number of benzene rings is 2. The number of amides is 1. The van der Waals surface area contributed by atoms with Crippen molar-refractivity contribution in [2.75, 3.05) is 44.1 Å². The van der Waals surface area contributed by atoms with Crippen LogP contribution in [0.5, 0.6) is 11.5 Å². The average Bonchev–Trinajstić information content (AvgIpc) is 2.64. The van der Waals surface area contributed by atoms with Crippen molar-refractivity contribution in [3.8, 4) is 11.5 Å². The second-order valence-electron chi connectivity index (χ2n) is 5.20. The lowest BCUT2D eigenvalue weighted by atomic mass is 10.3. The molecule has 2 aromatic carbocycles. The average molecular weight is 344 g/mol. The molecule has 0 aliphatic rings. The largest absolute Gasteiger partial charge is 0.497 e. The summed E-state index contributed by atoms with van der Waals surface area (Å²) in [4.78, 5) is 12.0. The first-order chi connectivity index (χ1) is 12.2. The van der Waals surface area contributed by atoms with Crippen LogP contribution in [-0.2, 0) is 9.53 Å². The van der Waals surface area contributed by atoms with Gasteiger partial charge in [0.05, 0.1) is 20.3 Å². The number of carbonyl (C=O) groups excluding carboxylic acids is 1. The van der Waals surface area contributed by atoms with Crippen molar-refractivity contribution < 1.29 is 19.0 Å². The molecule has 0 fully saturated rings. The molecule has 0 aliphatic heterocycles. The lowest BCUT2D eigenvalue weighted by molar-refractivity contribution is -0.114. The Hall–Kier alpha value is -2.73. The first-order valence-corrected chi connectivity index (χ1v) is 8.19. The van der Waals surface area contributed by atoms with Crippen molar-refractivity contribution in [2.24, 2.45) is 0 Å². The summed E-state index contributed by atoms with van der Waals surface area (Å²) < 4.78 is 15.9. The van der Waals surface area contributed by atoms with Gasteiger partial charge in [0.15, 0.2) is 0 Å². The van der Waals surface area contributed by atoms with Crippen LogP contribution in [0.15, 0.2) is 48.5 Å². The smallest absolute Gasteiger partial charge is 0.243 e. The number of anilines is 2. The molecule has 0 atom stereocenters. The minimum absolute atomic E-state index is 0.134. The Morgan fingerprint density at radius 2 is 1.80 bits per heavy atom. The number of hydrogen-bond acceptors (Lipinski definition) is 5. The van der Waals surface area contributed by atoms with E-state index in [1.54, 1.807) is 13.2 Å². The number of nitrogens with one attached hydrogen (secondary N) is 2.